The molecule has 0 aliphatic carbocycles. The molecule has 2 heterocycles. The molecule has 34 heavy (non-hydrogen) atoms. The van der Waals surface area contributed by atoms with Crippen LogP contribution in [-0.2, 0) is 33.4 Å². The molecular weight excluding hydrogens is 506 g/mol. The van der Waals surface area contributed by atoms with Gasteiger partial charge < -0.3 is 4.90 Å². The summed E-state index contributed by atoms with van der Waals surface area (Å²) in [6.45, 7) is 0. The number of rotatable bonds is 3. The maximum Gasteiger partial charge on any atom is 0.416 e. The summed E-state index contributed by atoms with van der Waals surface area (Å²) in [6.07, 6.45) is -10.3. The van der Waals surface area contributed by atoms with Crippen molar-refractivity contribution < 1.29 is 39.6 Å². The number of carbonyl (C=O) groups excluding carboxylic acids is 1. The zero-order chi connectivity index (χ0) is 24.9. The normalized spacial score (nSPS) is 23.4. The molecule has 2 aromatic rings. The van der Waals surface area contributed by atoms with E-state index in [0.29, 0.717) is 17.7 Å². The molecule has 0 radical (unpaired) electrons. The summed E-state index contributed by atoms with van der Waals surface area (Å²) in [5.74, 6) is -1.46. The van der Waals surface area contributed by atoms with E-state index < -0.39 is 62.0 Å². The first-order valence-electron chi connectivity index (χ1n) is 9.84. The molecule has 0 aromatic heterocycles. The topological polar surface area (TPSA) is 66.8 Å². The molecule has 182 valence electrons. The number of thioether (sulfide) groups is 1. The molecule has 2 aliphatic heterocycles. The van der Waals surface area contributed by atoms with E-state index in [1.807, 2.05) is 0 Å². The maximum atomic E-state index is 13.4. The van der Waals surface area contributed by atoms with Crippen LogP contribution in [-0.4, -0.2) is 42.3 Å². The first kappa shape index (κ1) is 24.6. The highest BCUT2D eigenvalue weighted by Crippen LogP contribution is 2.44. The number of fused-ring (bicyclic) bond motifs is 1. The minimum absolute atomic E-state index is 0.00698. The van der Waals surface area contributed by atoms with Crippen LogP contribution in [0.5, 0.6) is 0 Å². The number of nitrogens with zero attached hydrogens (tertiary/aromatic N) is 2. The van der Waals surface area contributed by atoms with Crippen molar-refractivity contribution in [3.8, 4) is 0 Å². The Morgan fingerprint density at radius 2 is 1.56 bits per heavy atom. The van der Waals surface area contributed by atoms with Crippen LogP contribution in [0.2, 0.25) is 0 Å². The van der Waals surface area contributed by atoms with Crippen LogP contribution < -0.4 is 4.90 Å². The molecule has 2 unspecified atom stereocenters. The fraction of sp³-hybridized carbons (Fsp3) is 0.333. The van der Waals surface area contributed by atoms with E-state index in [0.717, 1.165) is 16.7 Å². The van der Waals surface area contributed by atoms with Crippen molar-refractivity contribution >= 4 is 38.4 Å². The fourth-order valence-corrected chi connectivity index (χ4v) is 7.79. The van der Waals surface area contributed by atoms with E-state index in [1.54, 1.807) is 30.3 Å². The number of anilines is 1. The van der Waals surface area contributed by atoms with Crippen molar-refractivity contribution in [2.24, 2.45) is 4.99 Å². The first-order chi connectivity index (χ1) is 15.7. The number of aliphatic imine (C=N–C) groups is 1. The number of carbonyl (C=O) groups is 1. The molecule has 13 heteroatoms. The number of benzene rings is 2. The van der Waals surface area contributed by atoms with Gasteiger partial charge >= 0.3 is 12.4 Å². The minimum atomic E-state index is -5.08. The summed E-state index contributed by atoms with van der Waals surface area (Å²) in [7, 11) is -3.57. The highest BCUT2D eigenvalue weighted by molar-refractivity contribution is 8.16. The minimum Gasteiger partial charge on any atom is -0.316 e. The second-order valence-electron chi connectivity index (χ2n) is 7.89. The van der Waals surface area contributed by atoms with Gasteiger partial charge in [0.05, 0.1) is 35.1 Å². The lowest BCUT2D eigenvalue weighted by molar-refractivity contribution is -0.143. The number of hydrogen-bond donors (Lipinski definition) is 0. The lowest BCUT2D eigenvalue weighted by atomic mass is 10.1. The molecule has 0 N–H and O–H groups in total. The Labute approximate surface area is 194 Å². The first-order valence-corrected chi connectivity index (χ1v) is 12.5. The number of alkyl halides is 6. The van der Waals surface area contributed by atoms with Gasteiger partial charge in [0, 0.05) is 10.9 Å². The van der Waals surface area contributed by atoms with Gasteiger partial charge in [0.2, 0.25) is 0 Å². The Kier molecular flexibility index (Phi) is 6.21. The van der Waals surface area contributed by atoms with E-state index in [1.165, 1.54) is 0 Å². The van der Waals surface area contributed by atoms with Gasteiger partial charge in [0.15, 0.2) is 15.0 Å². The average molecular weight is 522 g/mol. The highest BCUT2D eigenvalue weighted by Gasteiger charge is 2.50. The van der Waals surface area contributed by atoms with Crippen LogP contribution in [0.1, 0.15) is 16.7 Å². The quantitative estimate of drug-likeness (QED) is 0.553. The smallest absolute Gasteiger partial charge is 0.316 e. The molecule has 2 aliphatic rings. The van der Waals surface area contributed by atoms with Gasteiger partial charge in [0.1, 0.15) is 0 Å². The third kappa shape index (κ3) is 5.24. The molecule has 5 nitrogen and oxygen atoms in total. The zero-order valence-electron chi connectivity index (χ0n) is 17.1. The summed E-state index contributed by atoms with van der Waals surface area (Å²) in [5, 5.41) is -0.810. The maximum absolute atomic E-state index is 13.4. The molecule has 4 rings (SSSR count). The van der Waals surface area contributed by atoms with Crippen molar-refractivity contribution in [3.05, 3.63) is 65.2 Å². The second kappa shape index (κ2) is 8.59. The molecular formula is C21H16F6N2O3S2. The second-order valence-corrected chi connectivity index (χ2v) is 11.2. The monoisotopic (exact) mass is 522 g/mol. The summed E-state index contributed by atoms with van der Waals surface area (Å²) in [6, 6.07) is 8.53. The van der Waals surface area contributed by atoms with E-state index in [4.69, 9.17) is 0 Å². The molecule has 2 atom stereocenters. The average Bonchev–Trinajstić information content (AvgIpc) is 3.17. The van der Waals surface area contributed by atoms with Crippen molar-refractivity contribution in [2.75, 3.05) is 16.4 Å². The van der Waals surface area contributed by atoms with Gasteiger partial charge in [-0.25, -0.2) is 8.42 Å². The predicted octanol–water partition coefficient (Wildman–Crippen LogP) is 4.57. The van der Waals surface area contributed by atoms with E-state index in [-0.39, 0.29) is 23.4 Å². The zero-order valence-corrected chi connectivity index (χ0v) is 18.7. The number of sulfone groups is 1. The fourth-order valence-electron chi connectivity index (χ4n) is 3.86. The molecule has 1 amide bonds. The third-order valence-corrected chi connectivity index (χ3v) is 8.55. The van der Waals surface area contributed by atoms with Crippen LogP contribution in [0.3, 0.4) is 0 Å². The Morgan fingerprint density at radius 3 is 2.12 bits per heavy atom. The Bertz CT molecular complexity index is 1210. The van der Waals surface area contributed by atoms with Crippen molar-refractivity contribution in [3.63, 3.8) is 0 Å². The lowest BCUT2D eigenvalue weighted by Crippen LogP contribution is -2.38. The standard InChI is InChI=1S/C21H16F6N2O3S2/c22-20(23,24)13-7-14(21(25,26)27)9-15(8-13)29-16-10-34(31,32)11-17(16)33-19(29)28-18(30)6-12-4-2-1-3-5-12/h1-5,7-9,16-17H,6,10-11H2. The molecule has 0 bridgehead atoms. The molecule has 2 fully saturated rings. The van der Waals surface area contributed by atoms with E-state index in [9.17, 15) is 39.6 Å². The summed E-state index contributed by atoms with van der Waals surface area (Å²) in [4.78, 5) is 17.5. The molecule has 0 saturated carbocycles. The summed E-state index contributed by atoms with van der Waals surface area (Å²) in [5.41, 5.74) is -2.98. The Morgan fingerprint density at radius 1 is 0.971 bits per heavy atom. The van der Waals surface area contributed by atoms with E-state index >= 15 is 0 Å². The number of amidine groups is 1. The van der Waals surface area contributed by atoms with Gasteiger partial charge in [-0.1, -0.05) is 42.1 Å². The SMILES string of the molecule is O=C(Cc1ccccc1)N=C1SC2CS(=O)(=O)CC2N1c1cc(C(F)(F)F)cc(C(F)(F)F)c1. The van der Waals surface area contributed by atoms with E-state index in [2.05, 4.69) is 4.99 Å². The van der Waals surface area contributed by atoms with Gasteiger partial charge in [-0.2, -0.15) is 31.3 Å². The molecule has 2 saturated heterocycles. The van der Waals surface area contributed by atoms with Crippen molar-refractivity contribution in [1.82, 2.24) is 0 Å². The van der Waals surface area contributed by atoms with Crippen LogP contribution in [0.25, 0.3) is 0 Å². The van der Waals surface area contributed by atoms with Gasteiger partial charge in [-0.15, -0.1) is 0 Å². The third-order valence-electron chi connectivity index (χ3n) is 5.34. The largest absolute Gasteiger partial charge is 0.416 e. The van der Waals surface area contributed by atoms with Crippen LogP contribution in [0.4, 0.5) is 32.0 Å². The van der Waals surface area contributed by atoms with Crippen molar-refractivity contribution in [2.45, 2.75) is 30.1 Å². The molecule has 2 aromatic carbocycles. The number of halogens is 6. The lowest BCUT2D eigenvalue weighted by Gasteiger charge is -2.26. The predicted molar refractivity (Wildman–Crippen MR) is 115 cm³/mol. The van der Waals surface area contributed by atoms with Crippen molar-refractivity contribution in [1.29, 1.82) is 0 Å². The summed E-state index contributed by atoms with van der Waals surface area (Å²) < 4.78 is 105. The van der Waals surface area contributed by atoms with Gasteiger partial charge in [0.25, 0.3) is 5.91 Å². The summed E-state index contributed by atoms with van der Waals surface area (Å²) >= 11 is 0.866. The van der Waals surface area contributed by atoms with Crippen LogP contribution in [0.15, 0.2) is 53.5 Å². The van der Waals surface area contributed by atoms with Gasteiger partial charge in [-0.3, -0.25) is 4.79 Å². The number of hydrogen-bond acceptors (Lipinski definition) is 4. The van der Waals surface area contributed by atoms with Crippen LogP contribution >= 0.6 is 11.8 Å². The molecule has 0 spiro atoms. The van der Waals surface area contributed by atoms with Crippen LogP contribution in [0, 0.1) is 0 Å². The number of amides is 1. The Hall–Kier alpha value is -2.54. The van der Waals surface area contributed by atoms with Gasteiger partial charge in [-0.05, 0) is 23.8 Å². The highest BCUT2D eigenvalue weighted by atomic mass is 32.2. The Balaban J connectivity index is 1.79.